The van der Waals surface area contributed by atoms with E-state index in [9.17, 15) is 19.2 Å². The highest BCUT2D eigenvalue weighted by Gasteiger charge is 2.68. The monoisotopic (exact) mass is 508 g/mol. The Morgan fingerprint density at radius 1 is 0.914 bits per heavy atom. The van der Waals surface area contributed by atoms with E-state index in [4.69, 9.17) is 23.2 Å². The number of ketones is 1. The van der Waals surface area contributed by atoms with Gasteiger partial charge in [0.1, 0.15) is 6.04 Å². The van der Waals surface area contributed by atoms with E-state index in [0.717, 1.165) is 16.4 Å². The van der Waals surface area contributed by atoms with E-state index in [-0.39, 0.29) is 22.4 Å². The van der Waals surface area contributed by atoms with E-state index in [0.29, 0.717) is 22.4 Å². The fraction of sp³-hybridized carbons (Fsp3) is 0.333. The van der Waals surface area contributed by atoms with Crippen LogP contribution in [0.2, 0.25) is 10.0 Å². The average Bonchev–Trinajstić information content (AvgIpc) is 3.64. The molecule has 0 unspecified atom stereocenters. The number of benzene rings is 2. The van der Waals surface area contributed by atoms with Crippen molar-refractivity contribution in [2.45, 2.75) is 19.4 Å². The van der Waals surface area contributed by atoms with Crippen molar-refractivity contribution in [1.29, 1.82) is 0 Å². The van der Waals surface area contributed by atoms with Crippen molar-refractivity contribution in [3.8, 4) is 0 Å². The van der Waals surface area contributed by atoms with Crippen molar-refractivity contribution in [3.63, 3.8) is 0 Å². The minimum absolute atomic E-state index is 0.00371. The number of Topliss-reactive ketones (excluding diaryl/α,β-unsaturated/α-hetero) is 1. The van der Waals surface area contributed by atoms with Crippen LogP contribution in [0, 0.1) is 35.5 Å². The average molecular weight is 509 g/mol. The summed E-state index contributed by atoms with van der Waals surface area (Å²) >= 11 is 12.3. The van der Waals surface area contributed by atoms with E-state index in [1.165, 1.54) is 13.0 Å². The second kappa shape index (κ2) is 8.04. The van der Waals surface area contributed by atoms with Crippen LogP contribution in [0.1, 0.15) is 34.1 Å². The Bertz CT molecular complexity index is 1270. The highest BCUT2D eigenvalue weighted by molar-refractivity contribution is 6.34. The third-order valence-corrected chi connectivity index (χ3v) is 8.62. The Kier molecular flexibility index (Phi) is 5.17. The van der Waals surface area contributed by atoms with Gasteiger partial charge in [-0.15, -0.1) is 0 Å². The van der Waals surface area contributed by atoms with E-state index in [2.05, 4.69) is 12.2 Å². The number of imide groups is 1. The van der Waals surface area contributed by atoms with E-state index >= 15 is 0 Å². The zero-order valence-corrected chi connectivity index (χ0v) is 20.3. The number of hydrogen-bond acceptors (Lipinski definition) is 4. The fourth-order valence-corrected chi connectivity index (χ4v) is 6.66. The van der Waals surface area contributed by atoms with Gasteiger partial charge < -0.3 is 0 Å². The molecule has 5 aliphatic rings. The van der Waals surface area contributed by atoms with Gasteiger partial charge in [0.05, 0.1) is 22.4 Å². The molecule has 3 amide bonds. The predicted molar refractivity (Wildman–Crippen MR) is 129 cm³/mol. The molecule has 0 spiro atoms. The standard InChI is InChI=1S/C27H22Cl2N2O4/c1-13(24(32)14-6-8-15(28)9-7-14)30(25(33)18-4-2-3-5-21(18)29)31-26(34)22-16-10-11-17(20-12-19(16)20)23(22)27(31)35/h2-11,13,16-17,19-20,22-23H,12H2,1H3/t13-,16+,17+,19+,20+,22-,23+/m1/s1. The molecular formula is C27H22Cl2N2O4. The summed E-state index contributed by atoms with van der Waals surface area (Å²) in [6.45, 7) is 1.53. The van der Waals surface area contributed by atoms with E-state index in [1.807, 2.05) is 0 Å². The molecule has 1 heterocycles. The SMILES string of the molecule is C[C@H](C(=O)c1ccc(Cl)cc1)N(C(=O)c1ccccc1Cl)N1C(=O)[C@@H]2[C@H]3C=C[C@@H]([C@@H]4C[C@@H]34)[C@@H]2C1=O. The zero-order chi connectivity index (χ0) is 24.6. The topological polar surface area (TPSA) is 74.8 Å². The molecule has 0 N–H and O–H groups in total. The molecule has 2 saturated carbocycles. The molecule has 1 aliphatic heterocycles. The first kappa shape index (κ1) is 22.5. The van der Waals surface area contributed by atoms with Gasteiger partial charge in [0, 0.05) is 10.6 Å². The van der Waals surface area contributed by atoms with Gasteiger partial charge in [-0.3, -0.25) is 19.2 Å². The summed E-state index contributed by atoms with van der Waals surface area (Å²) in [6, 6.07) is 11.6. The van der Waals surface area contributed by atoms with Crippen LogP contribution < -0.4 is 0 Å². The van der Waals surface area contributed by atoms with Gasteiger partial charge in [0.15, 0.2) is 5.78 Å². The number of carbonyl (C=O) groups excluding carboxylic acids is 4. The summed E-state index contributed by atoms with van der Waals surface area (Å²) in [4.78, 5) is 54.9. The van der Waals surface area contributed by atoms with Crippen LogP contribution in [0.4, 0.5) is 0 Å². The molecule has 35 heavy (non-hydrogen) atoms. The summed E-state index contributed by atoms with van der Waals surface area (Å²) in [5.41, 5.74) is 0.433. The summed E-state index contributed by atoms with van der Waals surface area (Å²) in [7, 11) is 0. The van der Waals surface area contributed by atoms with Gasteiger partial charge in [-0.2, -0.15) is 5.01 Å². The number of halogens is 2. The molecule has 7 rings (SSSR count). The van der Waals surface area contributed by atoms with Crippen molar-refractivity contribution < 1.29 is 19.2 Å². The summed E-state index contributed by atoms with van der Waals surface area (Å²) in [6.07, 6.45) is 5.16. The van der Waals surface area contributed by atoms with Crippen molar-refractivity contribution in [1.82, 2.24) is 10.0 Å². The third kappa shape index (κ3) is 3.30. The lowest BCUT2D eigenvalue weighted by Gasteiger charge is -2.37. The summed E-state index contributed by atoms with van der Waals surface area (Å²) < 4.78 is 0. The molecule has 2 aromatic rings. The molecular weight excluding hydrogens is 487 g/mol. The number of hydrogen-bond donors (Lipinski definition) is 0. The maximum atomic E-state index is 13.8. The first-order valence-electron chi connectivity index (χ1n) is 11.7. The number of allylic oxidation sites excluding steroid dienone is 2. The lowest BCUT2D eigenvalue weighted by Crippen LogP contribution is -2.56. The molecule has 3 fully saturated rings. The van der Waals surface area contributed by atoms with Gasteiger partial charge in [0.25, 0.3) is 17.7 Å². The Hall–Kier alpha value is -2.96. The van der Waals surface area contributed by atoms with Gasteiger partial charge in [-0.25, -0.2) is 5.01 Å². The van der Waals surface area contributed by atoms with Crippen molar-refractivity contribution in [3.05, 3.63) is 81.9 Å². The second-order valence-electron chi connectivity index (χ2n) is 9.82. The summed E-state index contributed by atoms with van der Waals surface area (Å²) in [5.74, 6) is -2.08. The molecule has 2 aromatic carbocycles. The first-order valence-corrected chi connectivity index (χ1v) is 12.5. The van der Waals surface area contributed by atoms with E-state index < -0.39 is 41.4 Å². The smallest absolute Gasteiger partial charge is 0.275 e. The lowest BCUT2D eigenvalue weighted by atomic mass is 9.63. The van der Waals surface area contributed by atoms with Crippen LogP contribution in [0.25, 0.3) is 0 Å². The van der Waals surface area contributed by atoms with Crippen LogP contribution in [0.3, 0.4) is 0 Å². The number of hydrazine groups is 1. The minimum atomic E-state index is -1.13. The maximum Gasteiger partial charge on any atom is 0.275 e. The van der Waals surface area contributed by atoms with Gasteiger partial charge in [-0.05, 0) is 73.4 Å². The third-order valence-electron chi connectivity index (χ3n) is 8.04. The number of nitrogens with zero attached hydrogens (tertiary/aromatic N) is 2. The largest absolute Gasteiger partial charge is 0.292 e. The lowest BCUT2D eigenvalue weighted by molar-refractivity contribution is -0.156. The van der Waals surface area contributed by atoms with Crippen molar-refractivity contribution >= 4 is 46.7 Å². The van der Waals surface area contributed by atoms with Crippen LogP contribution >= 0.6 is 23.2 Å². The van der Waals surface area contributed by atoms with Crippen LogP contribution in [0.15, 0.2) is 60.7 Å². The number of rotatable bonds is 5. The molecule has 2 bridgehead atoms. The number of carbonyl (C=O) groups is 4. The molecule has 6 nitrogen and oxygen atoms in total. The first-order chi connectivity index (χ1) is 16.8. The van der Waals surface area contributed by atoms with Crippen LogP contribution in [-0.2, 0) is 9.59 Å². The molecule has 178 valence electrons. The van der Waals surface area contributed by atoms with Gasteiger partial charge in [-0.1, -0.05) is 47.5 Å². The highest BCUT2D eigenvalue weighted by Crippen LogP contribution is 2.65. The van der Waals surface area contributed by atoms with Crippen LogP contribution in [-0.4, -0.2) is 39.6 Å². The Balaban J connectivity index is 1.41. The normalized spacial score (nSPS) is 30.7. The molecule has 4 aliphatic carbocycles. The quantitative estimate of drug-likeness (QED) is 0.334. The summed E-state index contributed by atoms with van der Waals surface area (Å²) in [5, 5.41) is 2.60. The highest BCUT2D eigenvalue weighted by atomic mass is 35.5. The van der Waals surface area contributed by atoms with Crippen molar-refractivity contribution in [2.75, 3.05) is 0 Å². The Morgan fingerprint density at radius 3 is 2.06 bits per heavy atom. The molecule has 1 saturated heterocycles. The number of amides is 3. The maximum absolute atomic E-state index is 13.8. The fourth-order valence-electron chi connectivity index (χ4n) is 6.32. The van der Waals surface area contributed by atoms with Crippen LogP contribution in [0.5, 0.6) is 0 Å². The van der Waals surface area contributed by atoms with Gasteiger partial charge >= 0.3 is 0 Å². The molecule has 0 aromatic heterocycles. The molecule has 0 radical (unpaired) electrons. The molecule has 7 atom stereocenters. The second-order valence-corrected chi connectivity index (χ2v) is 10.7. The predicted octanol–water partition coefficient (Wildman–Crippen LogP) is 4.68. The van der Waals surface area contributed by atoms with Gasteiger partial charge in [0.2, 0.25) is 0 Å². The Morgan fingerprint density at radius 2 is 1.49 bits per heavy atom. The minimum Gasteiger partial charge on any atom is -0.292 e. The molecule has 8 heteroatoms. The van der Waals surface area contributed by atoms with E-state index in [1.54, 1.807) is 42.5 Å². The zero-order valence-electron chi connectivity index (χ0n) is 18.8. The Labute approximate surface area is 212 Å². The van der Waals surface area contributed by atoms with Crippen molar-refractivity contribution in [2.24, 2.45) is 35.5 Å².